The molecule has 1 atom stereocenters. The smallest absolute Gasteiger partial charge is 0.330 e. The fourth-order valence-corrected chi connectivity index (χ4v) is 1.45. The number of methoxy groups -OCH3 is 1. The van der Waals surface area contributed by atoms with Crippen molar-refractivity contribution in [1.82, 2.24) is 5.32 Å². The number of hydrogen-bond acceptors (Lipinski definition) is 5. The van der Waals surface area contributed by atoms with Crippen LogP contribution >= 0.6 is 0 Å². The minimum Gasteiger partial charge on any atom is -0.466 e. The van der Waals surface area contributed by atoms with Crippen molar-refractivity contribution in [2.45, 2.75) is 13.3 Å². The highest BCUT2D eigenvalue weighted by Crippen LogP contribution is 2.11. The van der Waals surface area contributed by atoms with E-state index in [9.17, 15) is 4.79 Å². The number of carbonyl (C=O) groups is 1. The van der Waals surface area contributed by atoms with Crippen LogP contribution in [0.4, 0.5) is 0 Å². The monoisotopic (exact) mass is 251 g/mol. The summed E-state index contributed by atoms with van der Waals surface area (Å²) < 4.78 is 4.52. The summed E-state index contributed by atoms with van der Waals surface area (Å²) in [6.07, 6.45) is 6.63. The Balaban J connectivity index is 4.79. The highest BCUT2D eigenvalue weighted by Gasteiger charge is 2.06. The number of hydrogen-bond donors (Lipinski definition) is 3. The van der Waals surface area contributed by atoms with E-state index in [-0.39, 0.29) is 5.92 Å². The van der Waals surface area contributed by atoms with E-state index < -0.39 is 5.97 Å². The first-order valence-corrected chi connectivity index (χ1v) is 5.70. The van der Waals surface area contributed by atoms with Crippen molar-refractivity contribution in [2.24, 2.45) is 5.92 Å². The molecule has 0 aliphatic rings. The zero-order chi connectivity index (χ0) is 14.0. The Hall–Kier alpha value is -1.75. The van der Waals surface area contributed by atoms with Crippen molar-refractivity contribution in [2.75, 3.05) is 20.7 Å². The second-order valence-corrected chi connectivity index (χ2v) is 3.95. The summed E-state index contributed by atoms with van der Waals surface area (Å²) >= 11 is 0. The lowest BCUT2D eigenvalue weighted by molar-refractivity contribution is -0.134. The number of carbonyl (C=O) groups excluding carboxylic acids is 1. The lowest BCUT2D eigenvalue weighted by Gasteiger charge is -2.11. The molecule has 0 aromatic carbocycles. The van der Waals surface area contributed by atoms with E-state index in [1.807, 2.05) is 7.05 Å². The predicted molar refractivity (Wildman–Crippen MR) is 73.5 cm³/mol. The van der Waals surface area contributed by atoms with Gasteiger partial charge in [0.15, 0.2) is 0 Å². The Labute approximate surface area is 108 Å². The van der Waals surface area contributed by atoms with Gasteiger partial charge < -0.3 is 20.9 Å². The summed E-state index contributed by atoms with van der Waals surface area (Å²) in [5.41, 5.74) is 1.24. The van der Waals surface area contributed by atoms with Crippen LogP contribution in [0.1, 0.15) is 13.3 Å². The van der Waals surface area contributed by atoms with Crippen LogP contribution in [0.3, 0.4) is 0 Å². The first-order chi connectivity index (χ1) is 8.53. The summed E-state index contributed by atoms with van der Waals surface area (Å²) in [6, 6.07) is 0. The maximum atomic E-state index is 11.0. The Morgan fingerprint density at radius 2 is 2.11 bits per heavy atom. The number of allylic oxidation sites excluding steroid dienone is 3. The molecule has 0 aromatic rings. The van der Waals surface area contributed by atoms with Crippen LogP contribution in [0, 0.1) is 16.7 Å². The molecule has 100 valence electrons. The van der Waals surface area contributed by atoms with Gasteiger partial charge in [0, 0.05) is 24.3 Å². The molecule has 0 radical (unpaired) electrons. The molecule has 0 fully saturated rings. The van der Waals surface area contributed by atoms with Crippen molar-refractivity contribution < 1.29 is 9.53 Å². The minimum atomic E-state index is -0.427. The molecular formula is C13H21N3O2. The normalized spacial score (nSPS) is 13.4. The average molecular weight is 251 g/mol. The second kappa shape index (κ2) is 9.30. The average Bonchev–Trinajstić information content (AvgIpc) is 2.34. The van der Waals surface area contributed by atoms with Crippen LogP contribution in [0.15, 0.2) is 23.8 Å². The van der Waals surface area contributed by atoms with Gasteiger partial charge in [-0.25, -0.2) is 4.79 Å². The molecule has 0 bridgehead atoms. The molecule has 0 saturated heterocycles. The summed E-state index contributed by atoms with van der Waals surface area (Å²) in [5.74, 6) is -0.383. The van der Waals surface area contributed by atoms with E-state index in [0.717, 1.165) is 5.57 Å². The van der Waals surface area contributed by atoms with Gasteiger partial charge in [-0.2, -0.15) is 0 Å². The fraction of sp³-hybridized carbons (Fsp3) is 0.462. The third-order valence-electron chi connectivity index (χ3n) is 2.24. The van der Waals surface area contributed by atoms with Crippen molar-refractivity contribution in [3.05, 3.63) is 23.8 Å². The summed E-state index contributed by atoms with van der Waals surface area (Å²) in [5, 5.41) is 17.8. The van der Waals surface area contributed by atoms with Crippen LogP contribution < -0.4 is 5.32 Å². The first kappa shape index (κ1) is 16.2. The molecule has 3 N–H and O–H groups in total. The predicted octanol–water partition coefficient (Wildman–Crippen LogP) is 1.56. The number of esters is 1. The largest absolute Gasteiger partial charge is 0.466 e. The fourth-order valence-electron chi connectivity index (χ4n) is 1.45. The lowest BCUT2D eigenvalue weighted by atomic mass is 9.99. The quantitative estimate of drug-likeness (QED) is 0.265. The van der Waals surface area contributed by atoms with E-state index >= 15 is 0 Å². The summed E-state index contributed by atoms with van der Waals surface area (Å²) in [7, 11) is 3.14. The molecule has 0 aromatic heterocycles. The lowest BCUT2D eigenvalue weighted by Crippen LogP contribution is -2.20. The van der Waals surface area contributed by atoms with Gasteiger partial charge in [-0.05, 0) is 38.3 Å². The molecular weight excluding hydrogens is 230 g/mol. The van der Waals surface area contributed by atoms with Crippen LogP contribution in [0.25, 0.3) is 0 Å². The third-order valence-corrected chi connectivity index (χ3v) is 2.24. The molecule has 0 rings (SSSR count). The van der Waals surface area contributed by atoms with Gasteiger partial charge in [-0.3, -0.25) is 0 Å². The van der Waals surface area contributed by atoms with Gasteiger partial charge in [0.2, 0.25) is 0 Å². The Kier molecular flexibility index (Phi) is 8.39. The van der Waals surface area contributed by atoms with Gasteiger partial charge >= 0.3 is 5.97 Å². The van der Waals surface area contributed by atoms with E-state index in [1.54, 1.807) is 19.1 Å². The van der Waals surface area contributed by atoms with Gasteiger partial charge in [-0.1, -0.05) is 6.08 Å². The van der Waals surface area contributed by atoms with Gasteiger partial charge in [-0.15, -0.1) is 0 Å². The topological polar surface area (TPSA) is 86.0 Å². The second-order valence-electron chi connectivity index (χ2n) is 3.95. The molecule has 5 nitrogen and oxygen atoms in total. The van der Waals surface area contributed by atoms with E-state index in [2.05, 4.69) is 10.1 Å². The molecule has 0 spiro atoms. The van der Waals surface area contributed by atoms with Crippen LogP contribution in [-0.4, -0.2) is 38.6 Å². The molecule has 1 unspecified atom stereocenters. The highest BCUT2D eigenvalue weighted by molar-refractivity contribution is 5.91. The van der Waals surface area contributed by atoms with Crippen molar-refractivity contribution in [3.63, 3.8) is 0 Å². The highest BCUT2D eigenvalue weighted by atomic mass is 16.5. The SMILES string of the molecule is CNCC(C=N)CC(=C/C(C)=N)/C=C/C(=O)OC. The third kappa shape index (κ3) is 7.51. The molecule has 0 heterocycles. The van der Waals surface area contributed by atoms with E-state index in [0.29, 0.717) is 18.7 Å². The summed E-state index contributed by atoms with van der Waals surface area (Å²) in [6.45, 7) is 2.35. The summed E-state index contributed by atoms with van der Waals surface area (Å²) in [4.78, 5) is 11.0. The standard InChI is InChI=1S/C13H21N3O2/c1-10(15)6-11(4-5-13(17)18-3)7-12(8-14)9-16-2/h4-6,8,12,14-16H,7,9H2,1-3H3/b5-4+,11-6+,14-8?,15-10?. The van der Waals surface area contributed by atoms with Crippen LogP contribution in [-0.2, 0) is 9.53 Å². The van der Waals surface area contributed by atoms with Crippen molar-refractivity contribution >= 4 is 17.9 Å². The maximum absolute atomic E-state index is 11.0. The number of rotatable bonds is 8. The van der Waals surface area contributed by atoms with Gasteiger partial charge in [0.05, 0.1) is 7.11 Å². The minimum absolute atomic E-state index is 0.0443. The Morgan fingerprint density at radius 3 is 2.56 bits per heavy atom. The maximum Gasteiger partial charge on any atom is 0.330 e. The van der Waals surface area contributed by atoms with Crippen molar-refractivity contribution in [1.29, 1.82) is 10.8 Å². The molecule has 0 aliphatic carbocycles. The Bertz CT molecular complexity index is 359. The number of ether oxygens (including phenoxy) is 1. The van der Waals surface area contributed by atoms with Crippen LogP contribution in [0.5, 0.6) is 0 Å². The van der Waals surface area contributed by atoms with Crippen LogP contribution in [0.2, 0.25) is 0 Å². The van der Waals surface area contributed by atoms with E-state index in [1.165, 1.54) is 19.4 Å². The Morgan fingerprint density at radius 1 is 1.44 bits per heavy atom. The molecule has 5 heteroatoms. The molecule has 0 amide bonds. The zero-order valence-corrected chi connectivity index (χ0v) is 11.1. The molecule has 0 aliphatic heterocycles. The van der Waals surface area contributed by atoms with E-state index in [4.69, 9.17) is 10.8 Å². The molecule has 0 saturated carbocycles. The number of nitrogens with one attached hydrogen (secondary N) is 3. The van der Waals surface area contributed by atoms with Gasteiger partial charge in [0.1, 0.15) is 0 Å². The molecule has 18 heavy (non-hydrogen) atoms. The zero-order valence-electron chi connectivity index (χ0n) is 11.1. The van der Waals surface area contributed by atoms with Crippen molar-refractivity contribution in [3.8, 4) is 0 Å². The van der Waals surface area contributed by atoms with Gasteiger partial charge in [0.25, 0.3) is 0 Å². The first-order valence-electron chi connectivity index (χ1n) is 5.70.